The maximum Gasteiger partial charge on any atom is 0.253 e. The Morgan fingerprint density at radius 3 is 2.44 bits per heavy atom. The lowest BCUT2D eigenvalue weighted by atomic mass is 10.2. The lowest BCUT2D eigenvalue weighted by Gasteiger charge is -2.15. The third-order valence-corrected chi connectivity index (χ3v) is 3.19. The third-order valence-electron chi connectivity index (χ3n) is 3.19. The second kappa shape index (κ2) is 4.60. The molecule has 1 aliphatic rings. The number of rotatable bonds is 2. The molecule has 1 saturated heterocycles. The molecule has 1 aliphatic heterocycles. The van der Waals surface area contributed by atoms with E-state index in [0.717, 1.165) is 37.2 Å². The molecule has 5 heteroatoms. The highest BCUT2D eigenvalue weighted by Crippen LogP contribution is 2.14. The van der Waals surface area contributed by atoms with Crippen molar-refractivity contribution in [2.75, 3.05) is 13.1 Å². The minimum atomic E-state index is 0.123. The SMILES string of the molecule is O=C(c1ccc(-n2cncn2)cc1)N1CCCC1. The van der Waals surface area contributed by atoms with Gasteiger partial charge in [0.15, 0.2) is 0 Å². The molecule has 1 fully saturated rings. The van der Waals surface area contributed by atoms with Crippen molar-refractivity contribution in [2.45, 2.75) is 12.8 Å². The lowest BCUT2D eigenvalue weighted by molar-refractivity contribution is 0.0793. The standard InChI is InChI=1S/C13H14N4O/c18-13(16-7-1-2-8-16)11-3-5-12(6-4-11)17-10-14-9-15-17/h3-6,9-10H,1-2,7-8H2. The molecule has 0 spiro atoms. The van der Waals surface area contributed by atoms with Crippen LogP contribution in [0.4, 0.5) is 0 Å². The summed E-state index contributed by atoms with van der Waals surface area (Å²) in [7, 11) is 0. The van der Waals surface area contributed by atoms with Crippen molar-refractivity contribution in [3.05, 3.63) is 42.5 Å². The van der Waals surface area contributed by atoms with Gasteiger partial charge in [0.2, 0.25) is 0 Å². The molecule has 3 rings (SSSR count). The Morgan fingerprint density at radius 2 is 1.83 bits per heavy atom. The fraction of sp³-hybridized carbons (Fsp3) is 0.308. The number of aromatic nitrogens is 3. The molecule has 1 aromatic carbocycles. The van der Waals surface area contributed by atoms with Gasteiger partial charge in [-0.25, -0.2) is 9.67 Å². The van der Waals surface area contributed by atoms with Crippen LogP contribution in [0.3, 0.4) is 0 Å². The van der Waals surface area contributed by atoms with Crippen molar-refractivity contribution in [3.8, 4) is 5.69 Å². The Balaban J connectivity index is 1.80. The van der Waals surface area contributed by atoms with E-state index in [-0.39, 0.29) is 5.91 Å². The van der Waals surface area contributed by atoms with Crippen LogP contribution < -0.4 is 0 Å². The van der Waals surface area contributed by atoms with E-state index in [1.165, 1.54) is 6.33 Å². The number of hydrogen-bond donors (Lipinski definition) is 0. The summed E-state index contributed by atoms with van der Waals surface area (Å²) in [5.41, 5.74) is 1.64. The third kappa shape index (κ3) is 1.99. The van der Waals surface area contributed by atoms with Crippen molar-refractivity contribution in [3.63, 3.8) is 0 Å². The highest BCUT2D eigenvalue weighted by Gasteiger charge is 2.19. The molecule has 2 aromatic rings. The topological polar surface area (TPSA) is 51.0 Å². The first kappa shape index (κ1) is 11.0. The van der Waals surface area contributed by atoms with Gasteiger partial charge in [0.05, 0.1) is 5.69 Å². The number of amides is 1. The number of carbonyl (C=O) groups excluding carboxylic acids is 1. The molecule has 0 atom stereocenters. The van der Waals surface area contributed by atoms with E-state index in [1.54, 1.807) is 11.0 Å². The van der Waals surface area contributed by atoms with Crippen molar-refractivity contribution in [2.24, 2.45) is 0 Å². The molecule has 0 saturated carbocycles. The van der Waals surface area contributed by atoms with Crippen LogP contribution in [0.2, 0.25) is 0 Å². The normalized spacial score (nSPS) is 15.0. The van der Waals surface area contributed by atoms with E-state index in [2.05, 4.69) is 10.1 Å². The Morgan fingerprint density at radius 1 is 1.11 bits per heavy atom. The zero-order valence-electron chi connectivity index (χ0n) is 9.99. The maximum atomic E-state index is 12.1. The van der Waals surface area contributed by atoms with Crippen LogP contribution >= 0.6 is 0 Å². The van der Waals surface area contributed by atoms with Gasteiger partial charge in [0.1, 0.15) is 12.7 Å². The van der Waals surface area contributed by atoms with Crippen molar-refractivity contribution >= 4 is 5.91 Å². The van der Waals surface area contributed by atoms with Gasteiger partial charge in [-0.3, -0.25) is 4.79 Å². The molecular weight excluding hydrogens is 228 g/mol. The van der Waals surface area contributed by atoms with Crippen LogP contribution in [-0.4, -0.2) is 38.7 Å². The summed E-state index contributed by atoms with van der Waals surface area (Å²) >= 11 is 0. The number of nitrogens with zero attached hydrogens (tertiary/aromatic N) is 4. The Bertz CT molecular complexity index is 527. The van der Waals surface area contributed by atoms with E-state index in [1.807, 2.05) is 29.2 Å². The summed E-state index contributed by atoms with van der Waals surface area (Å²) in [5, 5.41) is 4.05. The first-order valence-electron chi connectivity index (χ1n) is 6.09. The van der Waals surface area contributed by atoms with E-state index < -0.39 is 0 Å². The molecule has 1 amide bonds. The fourth-order valence-corrected chi connectivity index (χ4v) is 2.20. The Hall–Kier alpha value is -2.17. The van der Waals surface area contributed by atoms with E-state index in [4.69, 9.17) is 0 Å². The first-order valence-corrected chi connectivity index (χ1v) is 6.09. The fourth-order valence-electron chi connectivity index (χ4n) is 2.20. The van der Waals surface area contributed by atoms with Gasteiger partial charge in [0.25, 0.3) is 5.91 Å². The van der Waals surface area contributed by atoms with Gasteiger partial charge in [-0.05, 0) is 37.1 Å². The summed E-state index contributed by atoms with van der Waals surface area (Å²) in [6.07, 6.45) is 5.35. The Labute approximate surface area is 105 Å². The average molecular weight is 242 g/mol. The maximum absolute atomic E-state index is 12.1. The number of hydrogen-bond acceptors (Lipinski definition) is 3. The summed E-state index contributed by atoms with van der Waals surface area (Å²) in [5.74, 6) is 0.123. The van der Waals surface area contributed by atoms with Gasteiger partial charge in [-0.15, -0.1) is 0 Å². The molecule has 0 bridgehead atoms. The monoisotopic (exact) mass is 242 g/mol. The minimum Gasteiger partial charge on any atom is -0.339 e. The smallest absolute Gasteiger partial charge is 0.253 e. The predicted octanol–water partition coefficient (Wildman–Crippen LogP) is 1.50. The van der Waals surface area contributed by atoms with E-state index in [0.29, 0.717) is 0 Å². The molecular formula is C13H14N4O. The van der Waals surface area contributed by atoms with Gasteiger partial charge in [-0.1, -0.05) is 0 Å². The van der Waals surface area contributed by atoms with E-state index >= 15 is 0 Å². The molecule has 0 aliphatic carbocycles. The molecule has 92 valence electrons. The highest BCUT2D eigenvalue weighted by molar-refractivity contribution is 5.94. The van der Waals surface area contributed by atoms with Crippen LogP contribution in [0.15, 0.2) is 36.9 Å². The summed E-state index contributed by atoms with van der Waals surface area (Å²) in [6, 6.07) is 7.46. The number of carbonyl (C=O) groups is 1. The van der Waals surface area contributed by atoms with Gasteiger partial charge in [-0.2, -0.15) is 5.10 Å². The minimum absolute atomic E-state index is 0.123. The largest absolute Gasteiger partial charge is 0.339 e. The van der Waals surface area contributed by atoms with Crippen LogP contribution in [0.25, 0.3) is 5.69 Å². The van der Waals surface area contributed by atoms with Crippen LogP contribution in [-0.2, 0) is 0 Å². The number of likely N-dealkylation sites (tertiary alicyclic amines) is 1. The first-order chi connectivity index (χ1) is 8.84. The highest BCUT2D eigenvalue weighted by atomic mass is 16.2. The zero-order chi connectivity index (χ0) is 12.4. The molecule has 5 nitrogen and oxygen atoms in total. The molecule has 0 unspecified atom stereocenters. The molecule has 0 N–H and O–H groups in total. The second-order valence-corrected chi connectivity index (χ2v) is 4.39. The van der Waals surface area contributed by atoms with Gasteiger partial charge >= 0.3 is 0 Å². The number of benzene rings is 1. The van der Waals surface area contributed by atoms with Gasteiger partial charge in [0, 0.05) is 18.7 Å². The molecule has 2 heterocycles. The lowest BCUT2D eigenvalue weighted by Crippen LogP contribution is -2.27. The predicted molar refractivity (Wildman–Crippen MR) is 66.5 cm³/mol. The van der Waals surface area contributed by atoms with Crippen molar-refractivity contribution in [1.82, 2.24) is 19.7 Å². The van der Waals surface area contributed by atoms with Crippen molar-refractivity contribution < 1.29 is 4.79 Å². The average Bonchev–Trinajstić information content (AvgIpc) is 3.11. The summed E-state index contributed by atoms with van der Waals surface area (Å²) < 4.78 is 1.67. The van der Waals surface area contributed by atoms with Crippen molar-refractivity contribution in [1.29, 1.82) is 0 Å². The quantitative estimate of drug-likeness (QED) is 0.802. The molecule has 18 heavy (non-hydrogen) atoms. The summed E-state index contributed by atoms with van der Waals surface area (Å²) in [4.78, 5) is 17.9. The van der Waals surface area contributed by atoms with Crippen LogP contribution in [0.5, 0.6) is 0 Å². The molecule has 1 aromatic heterocycles. The summed E-state index contributed by atoms with van der Waals surface area (Å²) in [6.45, 7) is 1.76. The second-order valence-electron chi connectivity index (χ2n) is 4.39. The molecule has 0 radical (unpaired) electrons. The zero-order valence-corrected chi connectivity index (χ0v) is 9.99. The van der Waals surface area contributed by atoms with Gasteiger partial charge < -0.3 is 4.90 Å². The Kier molecular flexibility index (Phi) is 2.80. The van der Waals surface area contributed by atoms with Crippen LogP contribution in [0, 0.1) is 0 Å². The van der Waals surface area contributed by atoms with E-state index in [9.17, 15) is 4.79 Å². The van der Waals surface area contributed by atoms with Crippen LogP contribution in [0.1, 0.15) is 23.2 Å².